The molecular formula is C7H11N3O12. The summed E-state index contributed by atoms with van der Waals surface area (Å²) in [7, 11) is 1.05. The van der Waals surface area contributed by atoms with E-state index >= 15 is 0 Å². The van der Waals surface area contributed by atoms with Crippen LogP contribution in [0.15, 0.2) is 0 Å². The Morgan fingerprint density at radius 3 is 2.05 bits per heavy atom. The molecule has 22 heavy (non-hydrogen) atoms. The Morgan fingerprint density at radius 1 is 1.05 bits per heavy atom. The molecule has 15 nitrogen and oxygen atoms in total. The van der Waals surface area contributed by atoms with Crippen molar-refractivity contribution in [2.24, 2.45) is 0 Å². The number of aliphatic hydroxyl groups is 1. The Labute approximate surface area is 120 Å². The van der Waals surface area contributed by atoms with Gasteiger partial charge >= 0.3 is 0 Å². The number of nitrogens with zero attached hydrogens (tertiary/aromatic N) is 3. The third-order valence-corrected chi connectivity index (χ3v) is 2.61. The maximum atomic E-state index is 10.4. The highest BCUT2D eigenvalue weighted by Gasteiger charge is 2.50. The minimum Gasteiger partial charge on any atom is -0.388 e. The van der Waals surface area contributed by atoms with Crippen LogP contribution in [0.1, 0.15) is 0 Å². The molecule has 0 spiro atoms. The molecule has 0 unspecified atom stereocenters. The first-order valence-electron chi connectivity index (χ1n) is 5.52. The minimum absolute atomic E-state index is 0.840. The van der Waals surface area contributed by atoms with Crippen LogP contribution < -0.4 is 0 Å². The van der Waals surface area contributed by atoms with Crippen molar-refractivity contribution in [1.82, 2.24) is 0 Å². The fourth-order valence-corrected chi connectivity index (χ4v) is 1.79. The van der Waals surface area contributed by atoms with Gasteiger partial charge in [0, 0.05) is 7.11 Å². The highest BCUT2D eigenvalue weighted by Crippen LogP contribution is 2.26. The van der Waals surface area contributed by atoms with Crippen LogP contribution in [0, 0.1) is 30.3 Å². The van der Waals surface area contributed by atoms with E-state index in [9.17, 15) is 35.4 Å². The van der Waals surface area contributed by atoms with Crippen molar-refractivity contribution in [3.8, 4) is 0 Å². The zero-order chi connectivity index (χ0) is 16.9. The smallest absolute Gasteiger partial charge is 0.295 e. The highest BCUT2D eigenvalue weighted by molar-refractivity contribution is 4.90. The van der Waals surface area contributed by atoms with Crippen molar-refractivity contribution in [3.05, 3.63) is 30.3 Å². The van der Waals surface area contributed by atoms with Crippen LogP contribution in [-0.4, -0.2) is 64.8 Å². The monoisotopic (exact) mass is 329 g/mol. The van der Waals surface area contributed by atoms with E-state index < -0.39 is 52.6 Å². The molecule has 0 aromatic rings. The third kappa shape index (κ3) is 4.50. The molecule has 0 aliphatic carbocycles. The van der Waals surface area contributed by atoms with Crippen molar-refractivity contribution < 1.29 is 44.4 Å². The first kappa shape index (κ1) is 17.5. The number of aliphatic hydroxyl groups excluding tert-OH is 1. The van der Waals surface area contributed by atoms with Gasteiger partial charge in [-0.25, -0.2) is 0 Å². The van der Waals surface area contributed by atoms with Gasteiger partial charge in [-0.3, -0.25) is 0 Å². The molecule has 1 heterocycles. The van der Waals surface area contributed by atoms with Crippen LogP contribution in [0.5, 0.6) is 0 Å². The third-order valence-electron chi connectivity index (χ3n) is 2.61. The summed E-state index contributed by atoms with van der Waals surface area (Å²) in [5.74, 6) is 0. The van der Waals surface area contributed by atoms with E-state index in [0.29, 0.717) is 0 Å². The molecule has 1 fully saturated rings. The lowest BCUT2D eigenvalue weighted by molar-refractivity contribution is -0.794. The molecule has 126 valence electrons. The molecule has 1 aliphatic rings. The topological polar surface area (TPSA) is 196 Å². The standard InChI is InChI=1S/C7H11N3O12/c1-18-7-6(22-10(16)17)4(11)5(21-9(14)15)3(20-7)2-19-8(12)13/h3-7,11H,2H2,1H3/t3-,4+,5+,6-,7-/m1/s1. The summed E-state index contributed by atoms with van der Waals surface area (Å²) < 4.78 is 9.72. The summed E-state index contributed by atoms with van der Waals surface area (Å²) in [5.41, 5.74) is 0. The van der Waals surface area contributed by atoms with Crippen molar-refractivity contribution >= 4 is 0 Å². The van der Waals surface area contributed by atoms with E-state index in [0.717, 1.165) is 7.11 Å². The van der Waals surface area contributed by atoms with E-state index in [2.05, 4.69) is 14.5 Å². The lowest BCUT2D eigenvalue weighted by atomic mass is 9.99. The summed E-state index contributed by atoms with van der Waals surface area (Å²) in [6.45, 7) is -0.840. The van der Waals surface area contributed by atoms with Crippen molar-refractivity contribution in [2.75, 3.05) is 13.7 Å². The zero-order valence-electron chi connectivity index (χ0n) is 10.9. The molecule has 1 saturated heterocycles. The predicted octanol–water partition coefficient (Wildman–Crippen LogP) is -1.92. The molecule has 0 bridgehead atoms. The average Bonchev–Trinajstić information content (AvgIpc) is 2.41. The van der Waals surface area contributed by atoms with Gasteiger partial charge in [0.2, 0.25) is 0 Å². The van der Waals surface area contributed by atoms with Crippen molar-refractivity contribution in [2.45, 2.75) is 30.7 Å². The largest absolute Gasteiger partial charge is 0.388 e. The molecule has 0 saturated carbocycles. The molecule has 5 atom stereocenters. The molecule has 15 heteroatoms. The zero-order valence-corrected chi connectivity index (χ0v) is 10.9. The lowest BCUT2D eigenvalue weighted by Gasteiger charge is -2.41. The first-order valence-corrected chi connectivity index (χ1v) is 5.52. The van der Waals surface area contributed by atoms with Crippen LogP contribution in [0.2, 0.25) is 0 Å². The molecule has 1 N–H and O–H groups in total. The van der Waals surface area contributed by atoms with Crippen LogP contribution >= 0.6 is 0 Å². The Bertz CT molecular complexity index is 429. The quantitative estimate of drug-likeness (QED) is 0.383. The van der Waals surface area contributed by atoms with Gasteiger partial charge in [0.25, 0.3) is 15.3 Å². The summed E-state index contributed by atoms with van der Waals surface area (Å²) in [4.78, 5) is 43.2. The molecule has 0 aromatic heterocycles. The van der Waals surface area contributed by atoms with Gasteiger partial charge in [0.15, 0.2) is 18.5 Å². The second-order valence-corrected chi connectivity index (χ2v) is 3.88. The van der Waals surface area contributed by atoms with Crippen molar-refractivity contribution in [1.29, 1.82) is 0 Å². The van der Waals surface area contributed by atoms with E-state index in [4.69, 9.17) is 9.47 Å². The number of hydrogen-bond acceptors (Lipinski definition) is 12. The van der Waals surface area contributed by atoms with Crippen LogP contribution in [0.4, 0.5) is 0 Å². The maximum Gasteiger partial charge on any atom is 0.295 e. The Hall–Kier alpha value is -2.52. The number of rotatable bonds is 8. The molecular weight excluding hydrogens is 318 g/mol. The summed E-state index contributed by atoms with van der Waals surface area (Å²) in [6.07, 6.45) is -8.59. The predicted molar refractivity (Wildman–Crippen MR) is 58.4 cm³/mol. The van der Waals surface area contributed by atoms with E-state index in [-0.39, 0.29) is 0 Å². The molecule has 0 aromatic carbocycles. The van der Waals surface area contributed by atoms with Crippen LogP contribution in [-0.2, 0) is 24.0 Å². The number of ether oxygens (including phenoxy) is 2. The average molecular weight is 329 g/mol. The fraction of sp³-hybridized carbons (Fsp3) is 1.00. The van der Waals surface area contributed by atoms with E-state index in [1.165, 1.54) is 0 Å². The van der Waals surface area contributed by atoms with Crippen molar-refractivity contribution in [3.63, 3.8) is 0 Å². The first-order chi connectivity index (χ1) is 10.3. The molecule has 0 radical (unpaired) electrons. The second kappa shape index (κ2) is 7.48. The Kier molecular flexibility index (Phi) is 5.96. The second-order valence-electron chi connectivity index (χ2n) is 3.88. The van der Waals surface area contributed by atoms with Gasteiger partial charge in [-0.1, -0.05) is 0 Å². The molecule has 0 amide bonds. The van der Waals surface area contributed by atoms with Gasteiger partial charge in [-0.15, -0.1) is 30.3 Å². The summed E-state index contributed by atoms with van der Waals surface area (Å²) in [5, 5.41) is 37.1. The van der Waals surface area contributed by atoms with E-state index in [1.807, 2.05) is 0 Å². The lowest BCUT2D eigenvalue weighted by Crippen LogP contribution is -2.61. The minimum atomic E-state index is -1.95. The maximum absolute atomic E-state index is 10.4. The Morgan fingerprint density at radius 2 is 1.59 bits per heavy atom. The van der Waals surface area contributed by atoms with Gasteiger partial charge in [-0.2, -0.15) is 0 Å². The van der Waals surface area contributed by atoms with Gasteiger partial charge in [0.1, 0.15) is 18.8 Å². The number of methoxy groups -OCH3 is 1. The SMILES string of the molecule is CO[C@@H]1O[C@H](CO[N+](=O)[O-])[C@H](O[N+](=O)[O-])[C@H](O)[C@H]1O[N+](=O)[O-]. The highest BCUT2D eigenvalue weighted by atomic mass is 17.0. The van der Waals surface area contributed by atoms with Gasteiger partial charge in [0.05, 0.1) is 0 Å². The number of hydrogen-bond donors (Lipinski definition) is 1. The summed E-state index contributed by atoms with van der Waals surface area (Å²) in [6, 6.07) is 0. The molecule has 1 aliphatic heterocycles. The van der Waals surface area contributed by atoms with E-state index in [1.54, 1.807) is 0 Å². The van der Waals surface area contributed by atoms with Crippen LogP contribution in [0.25, 0.3) is 0 Å². The molecule has 1 rings (SSSR count). The van der Waals surface area contributed by atoms with Gasteiger partial charge in [-0.05, 0) is 0 Å². The fourth-order valence-electron chi connectivity index (χ4n) is 1.79. The normalized spacial score (nSPS) is 31.1. The Balaban J connectivity index is 2.94. The van der Waals surface area contributed by atoms with Gasteiger partial charge < -0.3 is 29.1 Å². The summed E-state index contributed by atoms with van der Waals surface area (Å²) >= 11 is 0. The van der Waals surface area contributed by atoms with Crippen LogP contribution in [0.3, 0.4) is 0 Å².